The summed E-state index contributed by atoms with van der Waals surface area (Å²) in [5.74, 6) is 0.157. The molecule has 0 fully saturated rings. The van der Waals surface area contributed by atoms with Crippen molar-refractivity contribution in [3.05, 3.63) is 42.0 Å². The first-order valence-electron chi connectivity index (χ1n) is 4.14. The van der Waals surface area contributed by atoms with Crippen molar-refractivity contribution >= 4 is 6.29 Å². The van der Waals surface area contributed by atoms with Crippen LogP contribution >= 0.6 is 0 Å². The standard InChI is InChI=1S/C11H8O3/c12-7-9-6-10(14-11(9)13)8-4-2-1-3-5-8/h1-7,13H. The van der Waals surface area contributed by atoms with E-state index in [2.05, 4.69) is 0 Å². The van der Waals surface area contributed by atoms with Crippen molar-refractivity contribution in [3.8, 4) is 17.3 Å². The Kier molecular flexibility index (Phi) is 2.07. The minimum Gasteiger partial charge on any atom is -0.480 e. The molecule has 3 nitrogen and oxygen atoms in total. The van der Waals surface area contributed by atoms with Gasteiger partial charge in [0, 0.05) is 5.56 Å². The number of aldehydes is 1. The average molecular weight is 188 g/mol. The molecule has 0 amide bonds. The van der Waals surface area contributed by atoms with E-state index in [1.54, 1.807) is 0 Å². The van der Waals surface area contributed by atoms with Gasteiger partial charge in [0.15, 0.2) is 6.29 Å². The monoisotopic (exact) mass is 188 g/mol. The van der Waals surface area contributed by atoms with Crippen LogP contribution in [0.5, 0.6) is 5.95 Å². The summed E-state index contributed by atoms with van der Waals surface area (Å²) in [7, 11) is 0. The molecule has 0 radical (unpaired) electrons. The van der Waals surface area contributed by atoms with Crippen LogP contribution in [0.3, 0.4) is 0 Å². The fraction of sp³-hybridized carbons (Fsp3) is 0. The van der Waals surface area contributed by atoms with E-state index < -0.39 is 0 Å². The largest absolute Gasteiger partial charge is 0.480 e. The summed E-state index contributed by atoms with van der Waals surface area (Å²) in [6, 6.07) is 10.8. The average Bonchev–Trinajstić information content (AvgIpc) is 2.61. The third-order valence-corrected chi connectivity index (χ3v) is 1.93. The van der Waals surface area contributed by atoms with E-state index in [1.807, 2.05) is 30.3 Å². The Hall–Kier alpha value is -2.03. The summed E-state index contributed by atoms with van der Waals surface area (Å²) >= 11 is 0. The maximum atomic E-state index is 10.5. The fourth-order valence-electron chi connectivity index (χ4n) is 1.22. The Labute approximate surface area is 80.6 Å². The summed E-state index contributed by atoms with van der Waals surface area (Å²) < 4.78 is 5.02. The van der Waals surface area contributed by atoms with Crippen LogP contribution in [0.1, 0.15) is 10.4 Å². The van der Waals surface area contributed by atoms with Crippen LogP contribution in [0.2, 0.25) is 0 Å². The maximum Gasteiger partial charge on any atom is 0.293 e. The lowest BCUT2D eigenvalue weighted by atomic mass is 10.1. The number of hydrogen-bond acceptors (Lipinski definition) is 3. The van der Waals surface area contributed by atoms with Crippen LogP contribution in [0.15, 0.2) is 40.8 Å². The molecule has 1 aromatic carbocycles. The van der Waals surface area contributed by atoms with Crippen LogP contribution in [-0.4, -0.2) is 11.4 Å². The molecule has 0 spiro atoms. The van der Waals surface area contributed by atoms with Crippen LogP contribution < -0.4 is 0 Å². The molecule has 14 heavy (non-hydrogen) atoms. The second-order valence-corrected chi connectivity index (χ2v) is 2.86. The van der Waals surface area contributed by atoms with E-state index >= 15 is 0 Å². The van der Waals surface area contributed by atoms with E-state index in [0.29, 0.717) is 12.0 Å². The van der Waals surface area contributed by atoms with E-state index in [-0.39, 0.29) is 11.5 Å². The molecule has 3 heteroatoms. The van der Waals surface area contributed by atoms with Crippen molar-refractivity contribution in [2.45, 2.75) is 0 Å². The van der Waals surface area contributed by atoms with Crippen LogP contribution in [0.25, 0.3) is 11.3 Å². The first-order valence-corrected chi connectivity index (χ1v) is 4.14. The molecule has 0 aliphatic heterocycles. The summed E-state index contributed by atoms with van der Waals surface area (Å²) in [5, 5.41) is 9.19. The van der Waals surface area contributed by atoms with Crippen LogP contribution in [0.4, 0.5) is 0 Å². The number of benzene rings is 1. The van der Waals surface area contributed by atoms with Crippen molar-refractivity contribution < 1.29 is 14.3 Å². The summed E-state index contributed by atoms with van der Waals surface area (Å²) in [4.78, 5) is 10.5. The molecular formula is C11H8O3. The van der Waals surface area contributed by atoms with Crippen molar-refractivity contribution in [1.82, 2.24) is 0 Å². The van der Waals surface area contributed by atoms with Gasteiger partial charge in [-0.25, -0.2) is 0 Å². The molecule has 2 rings (SSSR count). The molecule has 1 heterocycles. The third kappa shape index (κ3) is 1.40. The van der Waals surface area contributed by atoms with Crippen molar-refractivity contribution in [3.63, 3.8) is 0 Å². The Morgan fingerprint density at radius 3 is 2.50 bits per heavy atom. The summed E-state index contributed by atoms with van der Waals surface area (Å²) in [6.45, 7) is 0. The summed E-state index contributed by atoms with van der Waals surface area (Å²) in [6.07, 6.45) is 0.561. The topological polar surface area (TPSA) is 50.4 Å². The predicted octanol–water partition coefficient (Wildman–Crippen LogP) is 2.46. The normalized spacial score (nSPS) is 10.0. The number of aromatic hydroxyl groups is 1. The molecule has 0 saturated heterocycles. The number of carbonyl (C=O) groups excluding carboxylic acids is 1. The highest BCUT2D eigenvalue weighted by Crippen LogP contribution is 2.28. The first kappa shape index (κ1) is 8.56. The SMILES string of the molecule is O=Cc1cc(-c2ccccc2)oc1O. The van der Waals surface area contributed by atoms with Crippen LogP contribution in [-0.2, 0) is 0 Å². The number of carbonyl (C=O) groups is 1. The highest BCUT2D eigenvalue weighted by atomic mass is 16.5. The van der Waals surface area contributed by atoms with Crippen molar-refractivity contribution in [1.29, 1.82) is 0 Å². The quantitative estimate of drug-likeness (QED) is 0.736. The van der Waals surface area contributed by atoms with Crippen LogP contribution in [0, 0.1) is 0 Å². The lowest BCUT2D eigenvalue weighted by Crippen LogP contribution is -1.72. The van der Waals surface area contributed by atoms with Gasteiger partial charge in [-0.05, 0) is 6.07 Å². The lowest BCUT2D eigenvalue weighted by Gasteiger charge is -1.93. The molecule has 0 unspecified atom stereocenters. The third-order valence-electron chi connectivity index (χ3n) is 1.93. The molecule has 2 aromatic rings. The minimum atomic E-state index is -0.334. The highest BCUT2D eigenvalue weighted by molar-refractivity contribution is 5.80. The lowest BCUT2D eigenvalue weighted by molar-refractivity contribution is 0.111. The van der Waals surface area contributed by atoms with Gasteiger partial charge in [-0.2, -0.15) is 0 Å². The first-order chi connectivity index (χ1) is 6.81. The van der Waals surface area contributed by atoms with Gasteiger partial charge in [-0.1, -0.05) is 30.3 Å². The Balaban J connectivity index is 2.48. The van der Waals surface area contributed by atoms with E-state index in [4.69, 9.17) is 4.42 Å². The zero-order valence-electron chi connectivity index (χ0n) is 7.31. The van der Waals surface area contributed by atoms with Gasteiger partial charge in [-0.15, -0.1) is 0 Å². The molecule has 0 atom stereocenters. The van der Waals surface area contributed by atoms with Gasteiger partial charge in [0.2, 0.25) is 0 Å². The molecule has 0 aliphatic rings. The molecule has 0 bridgehead atoms. The minimum absolute atomic E-state index is 0.170. The smallest absolute Gasteiger partial charge is 0.293 e. The van der Waals surface area contributed by atoms with Crippen molar-refractivity contribution in [2.24, 2.45) is 0 Å². The van der Waals surface area contributed by atoms with Gasteiger partial charge in [-0.3, -0.25) is 4.79 Å². The van der Waals surface area contributed by atoms with Gasteiger partial charge in [0.05, 0.1) is 5.56 Å². The molecular weight excluding hydrogens is 180 g/mol. The number of hydrogen-bond donors (Lipinski definition) is 1. The van der Waals surface area contributed by atoms with E-state index in [9.17, 15) is 9.90 Å². The van der Waals surface area contributed by atoms with Gasteiger partial charge in [0.25, 0.3) is 5.95 Å². The number of furan rings is 1. The second-order valence-electron chi connectivity index (χ2n) is 2.86. The van der Waals surface area contributed by atoms with Gasteiger partial charge >= 0.3 is 0 Å². The molecule has 0 aliphatic carbocycles. The van der Waals surface area contributed by atoms with E-state index in [1.165, 1.54) is 6.07 Å². The predicted molar refractivity (Wildman–Crippen MR) is 51.2 cm³/mol. The molecule has 70 valence electrons. The zero-order chi connectivity index (χ0) is 9.97. The Morgan fingerprint density at radius 2 is 1.93 bits per heavy atom. The maximum absolute atomic E-state index is 10.5. The summed E-state index contributed by atoms with van der Waals surface area (Å²) in [5.41, 5.74) is 1.000. The highest BCUT2D eigenvalue weighted by Gasteiger charge is 2.09. The van der Waals surface area contributed by atoms with E-state index in [0.717, 1.165) is 5.56 Å². The molecule has 1 aromatic heterocycles. The van der Waals surface area contributed by atoms with Gasteiger partial charge in [0.1, 0.15) is 5.76 Å². The Bertz CT molecular complexity index is 443. The molecule has 1 N–H and O–H groups in total. The van der Waals surface area contributed by atoms with Gasteiger partial charge < -0.3 is 9.52 Å². The number of rotatable bonds is 2. The molecule has 0 saturated carbocycles. The van der Waals surface area contributed by atoms with Crippen molar-refractivity contribution in [2.75, 3.05) is 0 Å². The second kappa shape index (κ2) is 3.38. The Morgan fingerprint density at radius 1 is 1.21 bits per heavy atom. The fourth-order valence-corrected chi connectivity index (χ4v) is 1.22. The zero-order valence-corrected chi connectivity index (χ0v) is 7.31.